The molecule has 0 radical (unpaired) electrons. The van der Waals surface area contributed by atoms with Crippen LogP contribution in [-0.2, 0) is 23.1 Å². The minimum Gasteiger partial charge on any atom is -0.469 e. The van der Waals surface area contributed by atoms with Crippen molar-refractivity contribution in [3.05, 3.63) is 36.0 Å². The van der Waals surface area contributed by atoms with Gasteiger partial charge in [-0.3, -0.25) is 4.68 Å². The fourth-order valence-electron chi connectivity index (χ4n) is 1.93. The van der Waals surface area contributed by atoms with Crippen molar-refractivity contribution >= 4 is 10.0 Å². The smallest absolute Gasteiger partial charge is 0.246 e. The van der Waals surface area contributed by atoms with Crippen molar-refractivity contribution in [2.45, 2.75) is 31.3 Å². The van der Waals surface area contributed by atoms with E-state index < -0.39 is 10.0 Å². The predicted octanol–water partition coefficient (Wildman–Crippen LogP) is 0.954. The largest absolute Gasteiger partial charge is 0.469 e. The van der Waals surface area contributed by atoms with Crippen molar-refractivity contribution in [2.24, 2.45) is 5.73 Å². The van der Waals surface area contributed by atoms with Crippen molar-refractivity contribution in [3.8, 4) is 0 Å². The molecular formula is C13H20N4O3S. The second kappa shape index (κ2) is 6.42. The molecule has 0 aliphatic heterocycles. The zero-order valence-electron chi connectivity index (χ0n) is 12.2. The Bertz CT molecular complexity index is 690. The summed E-state index contributed by atoms with van der Waals surface area (Å²) in [6.45, 7) is 3.22. The molecule has 0 spiro atoms. The Kier molecular flexibility index (Phi) is 4.81. The summed E-state index contributed by atoms with van der Waals surface area (Å²) in [6, 6.07) is 1.77. The highest BCUT2D eigenvalue weighted by Gasteiger charge is 2.23. The summed E-state index contributed by atoms with van der Waals surface area (Å²) in [7, 11) is -2.02. The minimum atomic E-state index is -3.56. The van der Waals surface area contributed by atoms with Gasteiger partial charge in [-0.15, -0.1) is 0 Å². The van der Waals surface area contributed by atoms with Gasteiger partial charge in [0.25, 0.3) is 0 Å². The molecule has 2 N–H and O–H groups in total. The first kappa shape index (κ1) is 15.7. The summed E-state index contributed by atoms with van der Waals surface area (Å²) in [5, 5.41) is 4.05. The van der Waals surface area contributed by atoms with Crippen LogP contribution in [-0.4, -0.2) is 36.1 Å². The highest BCUT2D eigenvalue weighted by Crippen LogP contribution is 2.18. The predicted molar refractivity (Wildman–Crippen MR) is 78.0 cm³/mol. The van der Waals surface area contributed by atoms with Crippen molar-refractivity contribution in [3.63, 3.8) is 0 Å². The molecule has 2 aromatic rings. The molecule has 0 unspecified atom stereocenters. The van der Waals surface area contributed by atoms with Gasteiger partial charge in [-0.05, 0) is 26.0 Å². The number of rotatable bonds is 7. The molecule has 0 bridgehead atoms. The molecule has 116 valence electrons. The molecule has 0 fully saturated rings. The molecule has 0 saturated heterocycles. The van der Waals surface area contributed by atoms with Crippen LogP contribution in [0.4, 0.5) is 0 Å². The van der Waals surface area contributed by atoms with Crippen molar-refractivity contribution in [1.82, 2.24) is 14.1 Å². The van der Waals surface area contributed by atoms with Gasteiger partial charge < -0.3 is 10.2 Å². The van der Waals surface area contributed by atoms with E-state index in [9.17, 15) is 8.42 Å². The number of aromatic nitrogens is 2. The molecule has 0 aliphatic rings. The third kappa shape index (κ3) is 3.52. The zero-order chi connectivity index (χ0) is 15.5. The summed E-state index contributed by atoms with van der Waals surface area (Å²) in [5.74, 6) is 0.718. The first-order valence-corrected chi connectivity index (χ1v) is 8.11. The number of nitrogens with two attached hydrogens (primary N) is 1. The fraction of sp³-hybridized carbons (Fsp3) is 0.462. The van der Waals surface area contributed by atoms with Crippen LogP contribution in [0.15, 0.2) is 34.0 Å². The van der Waals surface area contributed by atoms with E-state index in [-0.39, 0.29) is 11.4 Å². The quantitative estimate of drug-likeness (QED) is 0.821. The first-order chi connectivity index (χ1) is 9.95. The molecule has 8 heteroatoms. The molecular weight excluding hydrogens is 292 g/mol. The Balaban J connectivity index is 2.13. The van der Waals surface area contributed by atoms with Crippen molar-refractivity contribution < 1.29 is 12.8 Å². The second-order valence-corrected chi connectivity index (χ2v) is 6.89. The molecule has 7 nitrogen and oxygen atoms in total. The third-order valence-corrected chi connectivity index (χ3v) is 5.02. The van der Waals surface area contributed by atoms with Crippen LogP contribution >= 0.6 is 0 Å². The molecule has 0 amide bonds. The van der Waals surface area contributed by atoms with Crippen LogP contribution in [0.25, 0.3) is 0 Å². The molecule has 0 atom stereocenters. The highest BCUT2D eigenvalue weighted by molar-refractivity contribution is 7.89. The normalized spacial score (nSPS) is 12.2. The lowest BCUT2D eigenvalue weighted by Gasteiger charge is -2.15. The number of sulfonamides is 1. The standard InChI is InChI=1S/C13H20N4O3S/c1-11-12(4-7-20-11)9-16(2)21(18,19)13-8-15-17(10-13)6-3-5-14/h4,7-8,10H,3,5-6,9,14H2,1-2H3. The summed E-state index contributed by atoms with van der Waals surface area (Å²) < 4.78 is 33.0. The van der Waals surface area contributed by atoms with Gasteiger partial charge in [0.2, 0.25) is 10.0 Å². The Morgan fingerprint density at radius 3 is 2.86 bits per heavy atom. The SMILES string of the molecule is Cc1occc1CN(C)S(=O)(=O)c1cnn(CCCN)c1. The van der Waals surface area contributed by atoms with E-state index in [0.717, 1.165) is 17.7 Å². The van der Waals surface area contributed by atoms with Crippen molar-refractivity contribution in [1.29, 1.82) is 0 Å². The Labute approximate surface area is 124 Å². The van der Waals surface area contributed by atoms with E-state index in [1.165, 1.54) is 16.7 Å². The summed E-state index contributed by atoms with van der Waals surface area (Å²) in [5.41, 5.74) is 6.27. The maximum absolute atomic E-state index is 12.5. The fourth-order valence-corrected chi connectivity index (χ4v) is 3.04. The van der Waals surface area contributed by atoms with Gasteiger partial charge in [0.05, 0.1) is 12.5 Å². The lowest BCUT2D eigenvalue weighted by atomic mass is 10.3. The Morgan fingerprint density at radius 1 is 1.48 bits per heavy atom. The van der Waals surface area contributed by atoms with Crippen molar-refractivity contribution in [2.75, 3.05) is 13.6 Å². The number of furan rings is 1. The maximum atomic E-state index is 12.5. The monoisotopic (exact) mass is 312 g/mol. The Hall–Kier alpha value is -1.64. The van der Waals surface area contributed by atoms with E-state index in [4.69, 9.17) is 10.2 Å². The molecule has 2 aromatic heterocycles. The lowest BCUT2D eigenvalue weighted by Crippen LogP contribution is -2.26. The van der Waals surface area contributed by atoms with E-state index in [2.05, 4.69) is 5.10 Å². The van der Waals surface area contributed by atoms with Gasteiger partial charge in [0, 0.05) is 31.9 Å². The van der Waals surface area contributed by atoms with Crippen LogP contribution in [0.5, 0.6) is 0 Å². The van der Waals surface area contributed by atoms with Crippen LogP contribution < -0.4 is 5.73 Å². The van der Waals surface area contributed by atoms with Gasteiger partial charge in [0.15, 0.2) is 0 Å². The lowest BCUT2D eigenvalue weighted by molar-refractivity contribution is 0.458. The molecule has 2 rings (SSSR count). The average Bonchev–Trinajstić information content (AvgIpc) is 3.06. The zero-order valence-corrected chi connectivity index (χ0v) is 13.0. The molecule has 2 heterocycles. The topological polar surface area (TPSA) is 94.4 Å². The van der Waals surface area contributed by atoms with Gasteiger partial charge >= 0.3 is 0 Å². The molecule has 0 aromatic carbocycles. The average molecular weight is 312 g/mol. The van der Waals surface area contributed by atoms with E-state index >= 15 is 0 Å². The van der Waals surface area contributed by atoms with E-state index in [0.29, 0.717) is 13.1 Å². The molecule has 0 aliphatic carbocycles. The van der Waals surface area contributed by atoms with Crippen LogP contribution in [0.1, 0.15) is 17.7 Å². The minimum absolute atomic E-state index is 0.183. The van der Waals surface area contributed by atoms with Gasteiger partial charge in [-0.25, -0.2) is 8.42 Å². The maximum Gasteiger partial charge on any atom is 0.246 e. The van der Waals surface area contributed by atoms with Crippen LogP contribution in [0.2, 0.25) is 0 Å². The van der Waals surface area contributed by atoms with Gasteiger partial charge in [-0.2, -0.15) is 9.40 Å². The van der Waals surface area contributed by atoms with E-state index in [1.54, 1.807) is 31.0 Å². The highest BCUT2D eigenvalue weighted by atomic mass is 32.2. The molecule has 0 saturated carbocycles. The first-order valence-electron chi connectivity index (χ1n) is 6.67. The number of aryl methyl sites for hydroxylation is 2. The van der Waals surface area contributed by atoms with Gasteiger partial charge in [-0.1, -0.05) is 0 Å². The summed E-state index contributed by atoms with van der Waals surface area (Å²) >= 11 is 0. The van der Waals surface area contributed by atoms with Crippen LogP contribution in [0, 0.1) is 6.92 Å². The molecule has 21 heavy (non-hydrogen) atoms. The summed E-state index contributed by atoms with van der Waals surface area (Å²) in [6.07, 6.45) is 5.20. The van der Waals surface area contributed by atoms with E-state index in [1.807, 2.05) is 0 Å². The Morgan fingerprint density at radius 2 is 2.24 bits per heavy atom. The summed E-state index contributed by atoms with van der Waals surface area (Å²) in [4.78, 5) is 0.183. The van der Waals surface area contributed by atoms with Gasteiger partial charge in [0.1, 0.15) is 10.7 Å². The number of hydrogen-bond donors (Lipinski definition) is 1. The third-order valence-electron chi connectivity index (χ3n) is 3.27. The number of hydrogen-bond acceptors (Lipinski definition) is 5. The van der Waals surface area contributed by atoms with Crippen LogP contribution in [0.3, 0.4) is 0 Å². The number of nitrogens with zero attached hydrogens (tertiary/aromatic N) is 3. The second-order valence-electron chi connectivity index (χ2n) is 4.84.